The normalized spacial score (nSPS) is 12.3. The summed E-state index contributed by atoms with van der Waals surface area (Å²) in [6.07, 6.45) is 0.644. The van der Waals surface area contributed by atoms with Crippen LogP contribution in [0.15, 0.2) is 28.7 Å². The predicted octanol–water partition coefficient (Wildman–Crippen LogP) is 3.33. The number of carbonyl (C=O) groups excluding carboxylic acids is 1. The molecule has 0 aliphatic heterocycles. The summed E-state index contributed by atoms with van der Waals surface area (Å²) < 4.78 is 11.0. The van der Waals surface area contributed by atoms with Gasteiger partial charge in [0.05, 0.1) is 5.92 Å². The average Bonchev–Trinajstić information content (AvgIpc) is 3.02. The van der Waals surface area contributed by atoms with Crippen LogP contribution in [0, 0.1) is 12.8 Å². The maximum absolute atomic E-state index is 12.8. The minimum absolute atomic E-state index is 0.135. The summed E-state index contributed by atoms with van der Waals surface area (Å²) in [5.41, 5.74) is 1.64. The molecule has 0 radical (unpaired) electrons. The summed E-state index contributed by atoms with van der Waals surface area (Å²) in [7, 11) is 0. The number of carboxylic acids is 1. The molecule has 2 aromatic rings. The molecule has 1 N–H and O–H groups in total. The van der Waals surface area contributed by atoms with E-state index in [1.165, 1.54) is 4.90 Å². The van der Waals surface area contributed by atoms with E-state index < -0.39 is 11.9 Å². The van der Waals surface area contributed by atoms with Gasteiger partial charge in [0.25, 0.3) is 5.91 Å². The van der Waals surface area contributed by atoms with Gasteiger partial charge in [-0.1, -0.05) is 25.1 Å². The molecule has 0 saturated heterocycles. The molecule has 0 spiro atoms. The maximum Gasteiger partial charge on any atom is 0.308 e. The molecule has 1 aromatic carbocycles. The summed E-state index contributed by atoms with van der Waals surface area (Å²) >= 11 is 0. The second-order valence-electron chi connectivity index (χ2n) is 6.14. The van der Waals surface area contributed by atoms with Crippen LogP contribution in [0.5, 0.6) is 0 Å². The second-order valence-corrected chi connectivity index (χ2v) is 6.14. The Morgan fingerprint density at radius 1 is 1.36 bits per heavy atom. The highest BCUT2D eigenvalue weighted by Crippen LogP contribution is 2.23. The van der Waals surface area contributed by atoms with Crippen LogP contribution in [0.4, 0.5) is 0 Å². The number of carboxylic acid groups (broad SMARTS) is 1. The Kier molecular flexibility index (Phi) is 6.58. The van der Waals surface area contributed by atoms with Crippen molar-refractivity contribution in [1.82, 2.24) is 4.90 Å². The van der Waals surface area contributed by atoms with E-state index in [1.807, 2.05) is 32.0 Å². The van der Waals surface area contributed by atoms with Gasteiger partial charge in [0.1, 0.15) is 5.58 Å². The molecule has 1 unspecified atom stereocenters. The van der Waals surface area contributed by atoms with Gasteiger partial charge >= 0.3 is 5.97 Å². The molecular weight excluding hydrogens is 322 g/mol. The maximum atomic E-state index is 12.8. The number of carbonyl (C=O) groups is 2. The van der Waals surface area contributed by atoms with Crippen molar-refractivity contribution in [3.63, 3.8) is 0 Å². The van der Waals surface area contributed by atoms with Gasteiger partial charge in [-0.3, -0.25) is 9.59 Å². The third-order valence-electron chi connectivity index (χ3n) is 4.08. The number of para-hydroxylation sites is 1. The van der Waals surface area contributed by atoms with Crippen LogP contribution < -0.4 is 0 Å². The molecule has 6 heteroatoms. The first-order valence-corrected chi connectivity index (χ1v) is 8.53. The fraction of sp³-hybridized carbons (Fsp3) is 0.474. The van der Waals surface area contributed by atoms with Crippen LogP contribution in [-0.2, 0) is 9.53 Å². The third-order valence-corrected chi connectivity index (χ3v) is 4.08. The zero-order valence-corrected chi connectivity index (χ0v) is 14.9. The van der Waals surface area contributed by atoms with Crippen molar-refractivity contribution in [3.8, 4) is 0 Å². The summed E-state index contributed by atoms with van der Waals surface area (Å²) in [5.74, 6) is -1.64. The van der Waals surface area contributed by atoms with Crippen molar-refractivity contribution in [3.05, 3.63) is 35.6 Å². The van der Waals surface area contributed by atoms with Crippen molar-refractivity contribution in [2.45, 2.75) is 27.2 Å². The summed E-state index contributed by atoms with van der Waals surface area (Å²) in [4.78, 5) is 25.5. The number of rotatable bonds is 9. The number of hydrogen-bond acceptors (Lipinski definition) is 4. The number of aliphatic carboxylic acids is 1. The lowest BCUT2D eigenvalue weighted by Gasteiger charge is -2.23. The molecule has 0 aliphatic rings. The second kappa shape index (κ2) is 8.67. The Labute approximate surface area is 147 Å². The number of aryl methyl sites for hydroxylation is 1. The van der Waals surface area contributed by atoms with Gasteiger partial charge in [0.15, 0.2) is 5.76 Å². The van der Waals surface area contributed by atoms with Gasteiger partial charge in [0, 0.05) is 31.7 Å². The average molecular weight is 347 g/mol. The fourth-order valence-electron chi connectivity index (χ4n) is 2.66. The Morgan fingerprint density at radius 2 is 2.12 bits per heavy atom. The monoisotopic (exact) mass is 347 g/mol. The number of fused-ring (bicyclic) bond motifs is 1. The van der Waals surface area contributed by atoms with E-state index >= 15 is 0 Å². The summed E-state index contributed by atoms with van der Waals surface area (Å²) in [5, 5.41) is 10.0. The molecule has 136 valence electrons. The molecule has 2 rings (SSSR count). The van der Waals surface area contributed by atoms with Gasteiger partial charge in [-0.15, -0.1) is 0 Å². The Bertz CT molecular complexity index is 736. The minimum atomic E-state index is -0.928. The largest absolute Gasteiger partial charge is 0.481 e. The van der Waals surface area contributed by atoms with Crippen LogP contribution in [-0.4, -0.2) is 48.2 Å². The molecular formula is C19H25NO5. The zero-order valence-electron chi connectivity index (χ0n) is 14.9. The number of amides is 1. The number of furan rings is 1. The van der Waals surface area contributed by atoms with Gasteiger partial charge in [-0.25, -0.2) is 0 Å². The third kappa shape index (κ3) is 4.82. The Hall–Kier alpha value is -2.34. The highest BCUT2D eigenvalue weighted by molar-refractivity contribution is 5.96. The molecule has 1 aromatic heterocycles. The number of nitrogens with zero attached hydrogens (tertiary/aromatic N) is 1. The quantitative estimate of drug-likeness (QED) is 0.704. The lowest BCUT2D eigenvalue weighted by Crippen LogP contribution is -2.37. The SMILES string of the molecule is CCOCCCN(CC(C)C(=O)O)C(=O)c1cc2cccc(C)c2o1. The molecule has 6 nitrogen and oxygen atoms in total. The first-order valence-electron chi connectivity index (χ1n) is 8.53. The van der Waals surface area contributed by atoms with Gasteiger partial charge in [0.2, 0.25) is 0 Å². The summed E-state index contributed by atoms with van der Waals surface area (Å²) in [6, 6.07) is 7.44. The van der Waals surface area contributed by atoms with Gasteiger partial charge in [-0.2, -0.15) is 0 Å². The highest BCUT2D eigenvalue weighted by Gasteiger charge is 2.24. The van der Waals surface area contributed by atoms with Crippen molar-refractivity contribution >= 4 is 22.8 Å². The van der Waals surface area contributed by atoms with E-state index in [0.717, 1.165) is 10.9 Å². The zero-order chi connectivity index (χ0) is 18.4. The molecule has 0 fully saturated rings. The lowest BCUT2D eigenvalue weighted by atomic mass is 10.1. The first-order chi connectivity index (χ1) is 11.9. The topological polar surface area (TPSA) is 80.0 Å². The van der Waals surface area contributed by atoms with Crippen LogP contribution >= 0.6 is 0 Å². The summed E-state index contributed by atoms with van der Waals surface area (Å²) in [6.45, 7) is 7.12. The van der Waals surface area contributed by atoms with Crippen molar-refractivity contribution in [1.29, 1.82) is 0 Å². The number of ether oxygens (including phenoxy) is 1. The van der Waals surface area contributed by atoms with E-state index in [-0.39, 0.29) is 18.2 Å². The minimum Gasteiger partial charge on any atom is -0.481 e. The molecule has 1 atom stereocenters. The standard InChI is InChI=1S/C19H25NO5/c1-4-24-10-6-9-20(12-14(3)19(22)23)18(21)16-11-15-8-5-7-13(2)17(15)25-16/h5,7-8,11,14H,4,6,9-10,12H2,1-3H3,(H,22,23). The molecule has 0 aliphatic carbocycles. The smallest absolute Gasteiger partial charge is 0.308 e. The van der Waals surface area contributed by atoms with Crippen LogP contribution in [0.3, 0.4) is 0 Å². The van der Waals surface area contributed by atoms with Crippen molar-refractivity contribution < 1.29 is 23.8 Å². The van der Waals surface area contributed by atoms with Crippen molar-refractivity contribution in [2.24, 2.45) is 5.92 Å². The van der Waals surface area contributed by atoms with E-state index in [4.69, 9.17) is 14.3 Å². The van der Waals surface area contributed by atoms with Crippen LogP contribution in [0.1, 0.15) is 36.4 Å². The van der Waals surface area contributed by atoms with Crippen LogP contribution in [0.2, 0.25) is 0 Å². The Balaban J connectivity index is 2.19. The Morgan fingerprint density at radius 3 is 2.76 bits per heavy atom. The first kappa shape index (κ1) is 19.0. The number of hydrogen-bond donors (Lipinski definition) is 1. The molecule has 1 amide bonds. The van der Waals surface area contributed by atoms with Crippen molar-refractivity contribution in [2.75, 3.05) is 26.3 Å². The van der Waals surface area contributed by atoms with Crippen LogP contribution in [0.25, 0.3) is 11.0 Å². The highest BCUT2D eigenvalue weighted by atomic mass is 16.5. The molecule has 1 heterocycles. The fourth-order valence-corrected chi connectivity index (χ4v) is 2.66. The van der Waals surface area contributed by atoms with Gasteiger partial charge < -0.3 is 19.2 Å². The van der Waals surface area contributed by atoms with E-state index in [1.54, 1.807) is 13.0 Å². The lowest BCUT2D eigenvalue weighted by molar-refractivity contribution is -0.141. The van der Waals surface area contributed by atoms with E-state index in [9.17, 15) is 9.59 Å². The molecule has 0 bridgehead atoms. The van der Waals surface area contributed by atoms with Gasteiger partial charge in [-0.05, 0) is 31.9 Å². The number of benzene rings is 1. The van der Waals surface area contributed by atoms with E-state index in [0.29, 0.717) is 31.8 Å². The predicted molar refractivity (Wildman–Crippen MR) is 94.8 cm³/mol. The molecule has 0 saturated carbocycles. The van der Waals surface area contributed by atoms with E-state index in [2.05, 4.69) is 0 Å². The molecule has 25 heavy (non-hydrogen) atoms.